The fourth-order valence-electron chi connectivity index (χ4n) is 1.83. The minimum absolute atomic E-state index is 0.0508. The minimum Gasteiger partial charge on any atom is -0.267 e. The van der Waals surface area contributed by atoms with Crippen LogP contribution in [0.5, 0.6) is 0 Å². The first-order chi connectivity index (χ1) is 11.1. The van der Waals surface area contributed by atoms with Crippen molar-refractivity contribution in [1.29, 1.82) is 5.26 Å². The number of nitriles is 1. The van der Waals surface area contributed by atoms with Crippen LogP contribution < -0.4 is 0 Å². The van der Waals surface area contributed by atoms with Crippen LogP contribution >= 0.6 is 11.8 Å². The Bertz CT molecular complexity index is 788. The van der Waals surface area contributed by atoms with Crippen molar-refractivity contribution < 1.29 is 12.7 Å². The van der Waals surface area contributed by atoms with E-state index in [1.807, 2.05) is 37.3 Å². The van der Waals surface area contributed by atoms with Gasteiger partial charge in [-0.05, 0) is 24.1 Å². The van der Waals surface area contributed by atoms with Crippen molar-refractivity contribution in [2.45, 2.75) is 19.8 Å². The Kier molecular flexibility index (Phi) is 6.02. The molecule has 0 bridgehead atoms. The molecule has 23 heavy (non-hydrogen) atoms. The number of nitrogens with zero attached hydrogens (tertiary/aromatic N) is 2. The van der Waals surface area contributed by atoms with E-state index in [-0.39, 0.29) is 5.75 Å². The van der Waals surface area contributed by atoms with Gasteiger partial charge in [-0.25, -0.2) is 0 Å². The topological polar surface area (TPSA) is 79.5 Å². The van der Waals surface area contributed by atoms with Crippen LogP contribution in [0.4, 0.5) is 0 Å². The van der Waals surface area contributed by atoms with Crippen molar-refractivity contribution in [1.82, 2.24) is 0 Å². The predicted octanol–water partition coefficient (Wildman–Crippen LogP) is 3.68. The largest absolute Gasteiger partial charge is 0.328 e. The van der Waals surface area contributed by atoms with E-state index in [0.29, 0.717) is 21.9 Å². The molecule has 120 valence electrons. The van der Waals surface area contributed by atoms with E-state index in [4.69, 9.17) is 0 Å². The predicted molar refractivity (Wildman–Crippen MR) is 92.9 cm³/mol. The molecule has 0 aliphatic carbocycles. The Morgan fingerprint density at radius 1 is 1.30 bits per heavy atom. The van der Waals surface area contributed by atoms with Gasteiger partial charge in [-0.2, -0.15) is 13.7 Å². The molecule has 1 aliphatic heterocycles. The standard InChI is InChI=1S/C16H16N2O3S2/c1-2-3-11-23(19,20)21-18-16-10-9-15(22-16)14(12-17)13-7-5-4-6-8-13/h4-10H,2-3,11H2,1H3. The van der Waals surface area contributed by atoms with Crippen LogP contribution in [0, 0.1) is 11.3 Å². The molecule has 0 amide bonds. The highest BCUT2D eigenvalue weighted by Gasteiger charge is 2.17. The zero-order valence-corrected chi connectivity index (χ0v) is 14.2. The molecule has 0 saturated heterocycles. The van der Waals surface area contributed by atoms with Crippen molar-refractivity contribution in [3.63, 3.8) is 0 Å². The molecule has 0 atom stereocenters. The Hall–Kier alpha value is -2.04. The summed E-state index contributed by atoms with van der Waals surface area (Å²) >= 11 is 1.21. The summed E-state index contributed by atoms with van der Waals surface area (Å²) in [7, 11) is -3.64. The number of rotatable bonds is 6. The molecule has 1 aromatic carbocycles. The van der Waals surface area contributed by atoms with Crippen molar-refractivity contribution in [3.05, 3.63) is 53.0 Å². The van der Waals surface area contributed by atoms with E-state index in [0.717, 1.165) is 12.0 Å². The molecule has 1 aliphatic rings. The average molecular weight is 348 g/mol. The third-order valence-corrected chi connectivity index (χ3v) is 5.07. The van der Waals surface area contributed by atoms with E-state index in [2.05, 4.69) is 15.5 Å². The highest BCUT2D eigenvalue weighted by Crippen LogP contribution is 2.33. The molecule has 0 saturated carbocycles. The lowest BCUT2D eigenvalue weighted by Crippen LogP contribution is -2.07. The molecule has 0 unspecified atom stereocenters. The van der Waals surface area contributed by atoms with Crippen molar-refractivity contribution in [3.8, 4) is 6.07 Å². The first-order valence-corrected chi connectivity index (χ1v) is 9.50. The summed E-state index contributed by atoms with van der Waals surface area (Å²) in [5.74, 6) is -0.0508. The maximum absolute atomic E-state index is 11.6. The van der Waals surface area contributed by atoms with Gasteiger partial charge in [-0.3, -0.25) is 4.28 Å². The van der Waals surface area contributed by atoms with Gasteiger partial charge in [0.1, 0.15) is 11.1 Å². The first-order valence-electron chi connectivity index (χ1n) is 7.11. The van der Waals surface area contributed by atoms with E-state index in [1.165, 1.54) is 11.8 Å². The minimum atomic E-state index is -3.64. The van der Waals surface area contributed by atoms with Gasteiger partial charge in [-0.1, -0.05) is 60.6 Å². The van der Waals surface area contributed by atoms with Gasteiger partial charge in [0.2, 0.25) is 0 Å². The fraction of sp³-hybridized carbons (Fsp3) is 0.250. The highest BCUT2D eigenvalue weighted by atomic mass is 32.2. The van der Waals surface area contributed by atoms with Crippen molar-refractivity contribution >= 4 is 32.5 Å². The average Bonchev–Trinajstić information content (AvgIpc) is 3.02. The molecule has 7 heteroatoms. The molecule has 1 aromatic rings. The molecule has 0 N–H and O–H groups in total. The second-order valence-electron chi connectivity index (χ2n) is 4.77. The molecular weight excluding hydrogens is 332 g/mol. The van der Waals surface area contributed by atoms with Crippen LogP contribution in [0.25, 0.3) is 5.57 Å². The summed E-state index contributed by atoms with van der Waals surface area (Å²) in [6, 6.07) is 11.5. The monoisotopic (exact) mass is 348 g/mol. The highest BCUT2D eigenvalue weighted by molar-refractivity contribution is 8.18. The lowest BCUT2D eigenvalue weighted by molar-refractivity contribution is 0.340. The van der Waals surface area contributed by atoms with Crippen LogP contribution in [0.2, 0.25) is 0 Å². The zero-order chi connectivity index (χ0) is 16.7. The van der Waals surface area contributed by atoms with Crippen LogP contribution in [-0.2, 0) is 14.4 Å². The van der Waals surface area contributed by atoms with Gasteiger partial charge >= 0.3 is 10.1 Å². The summed E-state index contributed by atoms with van der Waals surface area (Å²) in [5, 5.41) is 13.4. The summed E-state index contributed by atoms with van der Waals surface area (Å²) in [6.45, 7) is 1.90. The van der Waals surface area contributed by atoms with Gasteiger partial charge in [0.05, 0.1) is 11.3 Å². The lowest BCUT2D eigenvalue weighted by Gasteiger charge is -2.02. The molecular formula is C16H16N2O3S2. The van der Waals surface area contributed by atoms with E-state index in [1.54, 1.807) is 12.2 Å². The Labute approximate surface area is 140 Å². The third kappa shape index (κ3) is 4.98. The smallest absolute Gasteiger partial charge is 0.267 e. The molecule has 2 rings (SSSR count). The van der Waals surface area contributed by atoms with Gasteiger partial charge in [0.15, 0.2) is 0 Å². The molecule has 0 fully saturated rings. The van der Waals surface area contributed by atoms with Gasteiger partial charge in [-0.15, -0.1) is 0 Å². The van der Waals surface area contributed by atoms with Crippen LogP contribution in [0.1, 0.15) is 25.3 Å². The molecule has 5 nitrogen and oxygen atoms in total. The number of benzene rings is 1. The lowest BCUT2D eigenvalue weighted by atomic mass is 10.1. The number of hydrogen-bond donors (Lipinski definition) is 0. The summed E-state index contributed by atoms with van der Waals surface area (Å²) < 4.78 is 27.9. The first kappa shape index (κ1) is 17.3. The van der Waals surface area contributed by atoms with Crippen LogP contribution in [-0.4, -0.2) is 19.2 Å². The maximum atomic E-state index is 11.6. The number of oxime groups is 1. The zero-order valence-electron chi connectivity index (χ0n) is 12.6. The molecule has 0 spiro atoms. The second-order valence-corrected chi connectivity index (χ2v) is 7.51. The number of allylic oxidation sites excluding steroid dienone is 2. The third-order valence-electron chi connectivity index (χ3n) is 3.00. The molecule has 0 radical (unpaired) electrons. The second kappa shape index (κ2) is 7.99. The molecule has 1 heterocycles. The van der Waals surface area contributed by atoms with Crippen molar-refractivity contribution in [2.75, 3.05) is 5.75 Å². The van der Waals surface area contributed by atoms with E-state index < -0.39 is 10.1 Å². The van der Waals surface area contributed by atoms with Crippen LogP contribution in [0.15, 0.2) is 52.5 Å². The SMILES string of the molecule is CCCCS(=O)(=O)ON=C1C=CC(=C(C#N)c2ccccc2)S1. The number of thioether (sulfide) groups is 1. The van der Waals surface area contributed by atoms with E-state index in [9.17, 15) is 13.7 Å². The summed E-state index contributed by atoms with van der Waals surface area (Å²) in [4.78, 5) is 0.715. The van der Waals surface area contributed by atoms with Crippen LogP contribution in [0.3, 0.4) is 0 Å². The number of hydrogen-bond acceptors (Lipinski definition) is 6. The molecule has 0 aromatic heterocycles. The van der Waals surface area contributed by atoms with Gasteiger partial charge in [0, 0.05) is 4.91 Å². The quantitative estimate of drug-likeness (QED) is 0.579. The number of unbranched alkanes of at least 4 members (excludes halogenated alkanes) is 1. The maximum Gasteiger partial charge on any atom is 0.328 e. The Morgan fingerprint density at radius 2 is 2.04 bits per heavy atom. The van der Waals surface area contributed by atoms with E-state index >= 15 is 0 Å². The summed E-state index contributed by atoms with van der Waals surface area (Å²) in [6.07, 6.45) is 4.67. The van der Waals surface area contributed by atoms with Crippen molar-refractivity contribution in [2.24, 2.45) is 5.16 Å². The Balaban J connectivity index is 2.12. The Morgan fingerprint density at radius 3 is 2.70 bits per heavy atom. The normalized spacial score (nSPS) is 18.0. The summed E-state index contributed by atoms with van der Waals surface area (Å²) in [5.41, 5.74) is 1.32. The fourth-order valence-corrected chi connectivity index (χ4v) is 3.63. The van der Waals surface area contributed by atoms with Gasteiger partial charge in [0.25, 0.3) is 0 Å². The van der Waals surface area contributed by atoms with Gasteiger partial charge < -0.3 is 0 Å².